The minimum Gasteiger partial charge on any atom is -0.394 e. The number of rotatable bonds is 4. The second-order valence-corrected chi connectivity index (χ2v) is 5.07. The van der Waals surface area contributed by atoms with Crippen LogP contribution in [0.15, 0.2) is 18.3 Å². The maximum absolute atomic E-state index is 13.3. The smallest absolute Gasteiger partial charge is 0.317 e. The number of nitrogens with zero attached hydrogens (tertiary/aromatic N) is 2. The topological polar surface area (TPSA) is 65.5 Å². The van der Waals surface area contributed by atoms with Crippen LogP contribution in [-0.4, -0.2) is 52.9 Å². The van der Waals surface area contributed by atoms with E-state index in [1.165, 1.54) is 4.90 Å². The molecule has 6 heteroatoms. The molecule has 0 bridgehead atoms. The van der Waals surface area contributed by atoms with Crippen molar-refractivity contribution in [2.45, 2.75) is 32.0 Å². The summed E-state index contributed by atoms with van der Waals surface area (Å²) in [6, 6.07) is 3.11. The van der Waals surface area contributed by atoms with Gasteiger partial charge in [0.15, 0.2) is 0 Å². The third kappa shape index (κ3) is 3.45. The average Bonchev–Trinajstić information content (AvgIpc) is 2.82. The molecule has 0 radical (unpaired) electrons. The highest BCUT2D eigenvalue weighted by molar-refractivity contribution is 5.75. The summed E-state index contributed by atoms with van der Waals surface area (Å²) in [5.74, 6) is 0. The first kappa shape index (κ1) is 14.7. The highest BCUT2D eigenvalue weighted by Gasteiger charge is 2.34. The Labute approximate surface area is 117 Å². The second kappa shape index (κ2) is 6.65. The molecule has 0 saturated carbocycles. The lowest BCUT2D eigenvalue weighted by Crippen LogP contribution is -2.45. The van der Waals surface area contributed by atoms with Crippen molar-refractivity contribution in [3.05, 3.63) is 29.6 Å². The van der Waals surface area contributed by atoms with Crippen LogP contribution in [0, 0.1) is 6.92 Å². The normalized spacial score (nSPS) is 22.1. The van der Waals surface area contributed by atoms with E-state index in [2.05, 4.69) is 10.3 Å². The summed E-state index contributed by atoms with van der Waals surface area (Å²) in [7, 11) is 0. The van der Waals surface area contributed by atoms with E-state index >= 15 is 0 Å². The number of hydrogen-bond donors (Lipinski definition) is 2. The van der Waals surface area contributed by atoms with E-state index < -0.39 is 12.2 Å². The zero-order chi connectivity index (χ0) is 14.5. The Hall–Kier alpha value is -1.69. The van der Waals surface area contributed by atoms with E-state index in [1.807, 2.05) is 19.1 Å². The van der Waals surface area contributed by atoms with Crippen molar-refractivity contribution in [3.8, 4) is 0 Å². The summed E-state index contributed by atoms with van der Waals surface area (Å²) in [5.41, 5.74) is 2.02. The second-order valence-electron chi connectivity index (χ2n) is 5.07. The molecule has 2 atom stereocenters. The molecule has 1 aromatic heterocycles. The highest BCUT2D eigenvalue weighted by atomic mass is 19.1. The number of hydrogen-bond acceptors (Lipinski definition) is 3. The molecule has 2 unspecified atom stereocenters. The molecule has 0 aliphatic carbocycles. The zero-order valence-corrected chi connectivity index (χ0v) is 11.6. The molecule has 2 N–H and O–H groups in total. The quantitative estimate of drug-likeness (QED) is 0.867. The number of aliphatic hydroxyl groups is 1. The fraction of sp³-hybridized carbons (Fsp3) is 0.571. The number of amides is 2. The zero-order valence-electron chi connectivity index (χ0n) is 11.6. The Morgan fingerprint density at radius 2 is 2.45 bits per heavy atom. The lowest BCUT2D eigenvalue weighted by Gasteiger charge is -2.22. The number of urea groups is 1. The number of halogens is 1. The van der Waals surface area contributed by atoms with Crippen LogP contribution in [0.5, 0.6) is 0 Å². The third-order valence-corrected chi connectivity index (χ3v) is 3.59. The molecule has 5 nitrogen and oxygen atoms in total. The predicted molar refractivity (Wildman–Crippen MR) is 73.2 cm³/mol. The van der Waals surface area contributed by atoms with Gasteiger partial charge in [-0.15, -0.1) is 0 Å². The first-order valence-electron chi connectivity index (χ1n) is 6.81. The predicted octanol–water partition coefficient (Wildman–Crippen LogP) is 1.05. The third-order valence-electron chi connectivity index (χ3n) is 3.59. The molecule has 110 valence electrons. The molecule has 2 amide bonds. The van der Waals surface area contributed by atoms with Crippen molar-refractivity contribution in [3.63, 3.8) is 0 Å². The number of alkyl halides is 1. The molecule has 1 fully saturated rings. The summed E-state index contributed by atoms with van der Waals surface area (Å²) >= 11 is 0. The van der Waals surface area contributed by atoms with E-state index in [4.69, 9.17) is 5.11 Å². The molecule has 1 saturated heterocycles. The van der Waals surface area contributed by atoms with Crippen LogP contribution in [0.2, 0.25) is 0 Å². The Bertz CT molecular complexity index is 469. The van der Waals surface area contributed by atoms with Gasteiger partial charge >= 0.3 is 6.03 Å². The van der Waals surface area contributed by atoms with E-state index in [-0.39, 0.29) is 25.6 Å². The van der Waals surface area contributed by atoms with Gasteiger partial charge in [-0.1, -0.05) is 6.07 Å². The summed E-state index contributed by atoms with van der Waals surface area (Å²) in [5, 5.41) is 11.9. The van der Waals surface area contributed by atoms with Gasteiger partial charge in [0.05, 0.1) is 19.2 Å². The van der Waals surface area contributed by atoms with Crippen LogP contribution in [0.25, 0.3) is 0 Å². The molecular formula is C14H20FN3O2. The maximum atomic E-state index is 13.3. The van der Waals surface area contributed by atoms with E-state index in [9.17, 15) is 9.18 Å². The fourth-order valence-corrected chi connectivity index (χ4v) is 2.45. The van der Waals surface area contributed by atoms with Gasteiger partial charge in [-0.3, -0.25) is 4.98 Å². The molecule has 1 aliphatic heterocycles. The van der Waals surface area contributed by atoms with Gasteiger partial charge in [-0.25, -0.2) is 9.18 Å². The number of likely N-dealkylation sites (tertiary alicyclic amines) is 1. The summed E-state index contributed by atoms with van der Waals surface area (Å²) < 4.78 is 13.3. The van der Waals surface area contributed by atoms with E-state index in [1.54, 1.807) is 6.20 Å². The summed E-state index contributed by atoms with van der Waals surface area (Å²) in [6.07, 6.45) is 1.52. The number of nitrogens with one attached hydrogen (secondary N) is 1. The van der Waals surface area contributed by atoms with Gasteiger partial charge in [0, 0.05) is 31.3 Å². The lowest BCUT2D eigenvalue weighted by molar-refractivity contribution is 0.157. The Kier molecular flexibility index (Phi) is 4.89. The number of aryl methyl sites for hydroxylation is 1. The molecular weight excluding hydrogens is 261 g/mol. The maximum Gasteiger partial charge on any atom is 0.317 e. The SMILES string of the molecule is Cc1cccnc1CCNC(=O)N1CC(F)CC1CO. The van der Waals surface area contributed by atoms with Crippen LogP contribution in [0.3, 0.4) is 0 Å². The molecule has 2 rings (SSSR count). The Balaban J connectivity index is 1.82. The lowest BCUT2D eigenvalue weighted by atomic mass is 10.2. The number of aliphatic hydroxyl groups excluding tert-OH is 1. The van der Waals surface area contributed by atoms with Crippen molar-refractivity contribution >= 4 is 6.03 Å². The van der Waals surface area contributed by atoms with Gasteiger partial charge in [-0.05, 0) is 18.6 Å². The van der Waals surface area contributed by atoms with Crippen LogP contribution < -0.4 is 5.32 Å². The van der Waals surface area contributed by atoms with Gasteiger partial charge in [-0.2, -0.15) is 0 Å². The van der Waals surface area contributed by atoms with Gasteiger partial charge in [0.25, 0.3) is 0 Å². The molecule has 20 heavy (non-hydrogen) atoms. The monoisotopic (exact) mass is 281 g/mol. The van der Waals surface area contributed by atoms with E-state index in [0.717, 1.165) is 11.3 Å². The Morgan fingerprint density at radius 1 is 1.65 bits per heavy atom. The number of carbonyl (C=O) groups is 1. The minimum absolute atomic E-state index is 0.0552. The summed E-state index contributed by atoms with van der Waals surface area (Å²) in [4.78, 5) is 17.6. The Morgan fingerprint density at radius 3 is 3.15 bits per heavy atom. The van der Waals surface area contributed by atoms with Gasteiger partial charge in [0.2, 0.25) is 0 Å². The van der Waals surface area contributed by atoms with Crippen LogP contribution >= 0.6 is 0 Å². The standard InChI is InChI=1S/C14H20FN3O2/c1-10-3-2-5-16-13(10)4-6-17-14(20)18-8-11(15)7-12(18)9-19/h2-3,5,11-12,19H,4,6-9H2,1H3,(H,17,20). The first-order valence-corrected chi connectivity index (χ1v) is 6.81. The van der Waals surface area contributed by atoms with Crippen molar-refractivity contribution < 1.29 is 14.3 Å². The first-order chi connectivity index (χ1) is 9.61. The largest absolute Gasteiger partial charge is 0.394 e. The van der Waals surface area contributed by atoms with Crippen LogP contribution in [0.1, 0.15) is 17.7 Å². The number of pyridine rings is 1. The molecule has 2 heterocycles. The van der Waals surface area contributed by atoms with Crippen molar-refractivity contribution in [1.29, 1.82) is 0 Å². The molecule has 1 aliphatic rings. The molecule has 1 aromatic rings. The van der Waals surface area contributed by atoms with Crippen LogP contribution in [0.4, 0.5) is 9.18 Å². The van der Waals surface area contributed by atoms with Gasteiger partial charge < -0.3 is 15.3 Å². The van der Waals surface area contributed by atoms with Gasteiger partial charge in [0.1, 0.15) is 6.17 Å². The minimum atomic E-state index is -1.05. The van der Waals surface area contributed by atoms with Crippen molar-refractivity contribution in [2.24, 2.45) is 0 Å². The van der Waals surface area contributed by atoms with Crippen molar-refractivity contribution in [2.75, 3.05) is 19.7 Å². The van der Waals surface area contributed by atoms with E-state index in [0.29, 0.717) is 13.0 Å². The molecule has 0 aromatic carbocycles. The number of carbonyl (C=O) groups excluding carboxylic acids is 1. The van der Waals surface area contributed by atoms with Crippen molar-refractivity contribution in [1.82, 2.24) is 15.2 Å². The highest BCUT2D eigenvalue weighted by Crippen LogP contribution is 2.19. The number of aromatic nitrogens is 1. The van der Waals surface area contributed by atoms with Crippen LogP contribution in [-0.2, 0) is 6.42 Å². The summed E-state index contributed by atoms with van der Waals surface area (Å²) in [6.45, 7) is 2.27. The fourth-order valence-electron chi connectivity index (χ4n) is 2.45. The molecule has 0 spiro atoms. The average molecular weight is 281 g/mol.